The summed E-state index contributed by atoms with van der Waals surface area (Å²) in [5, 5.41) is 17.5. The predicted octanol–water partition coefficient (Wildman–Crippen LogP) is 5.35. The minimum atomic E-state index is -0.486. The number of nitro groups is 1. The second-order valence-corrected chi connectivity index (χ2v) is 7.45. The van der Waals surface area contributed by atoms with E-state index in [2.05, 4.69) is 10.5 Å². The number of carbonyl (C=O) groups excluding carboxylic acids is 1. The van der Waals surface area contributed by atoms with Crippen molar-refractivity contribution in [3.63, 3.8) is 0 Å². The molecule has 0 aromatic heterocycles. The van der Waals surface area contributed by atoms with Gasteiger partial charge in [-0.1, -0.05) is 28.9 Å². The Labute approximate surface area is 205 Å². The number of halogens is 2. The van der Waals surface area contributed by atoms with Crippen LogP contribution in [0.3, 0.4) is 0 Å². The van der Waals surface area contributed by atoms with E-state index in [0.29, 0.717) is 29.2 Å². The Balaban J connectivity index is 1.62. The average Bonchev–Trinajstić information content (AvgIpc) is 2.83. The number of non-ortho nitro benzene ring substituents is 1. The summed E-state index contributed by atoms with van der Waals surface area (Å²) in [7, 11) is 0. The van der Waals surface area contributed by atoms with Crippen LogP contribution in [0.15, 0.2) is 65.8 Å². The molecule has 3 rings (SSSR count). The number of rotatable bonds is 11. The van der Waals surface area contributed by atoms with E-state index in [1.807, 2.05) is 0 Å². The molecule has 0 spiro atoms. The first-order valence-electron chi connectivity index (χ1n) is 10.4. The number of hydrogen-bond acceptors (Lipinski definition) is 7. The first kappa shape index (κ1) is 25.4. The van der Waals surface area contributed by atoms with E-state index in [4.69, 9.17) is 25.9 Å². The zero-order chi connectivity index (χ0) is 25.2. The third-order valence-corrected chi connectivity index (χ3v) is 4.72. The van der Waals surface area contributed by atoms with Crippen molar-refractivity contribution in [2.45, 2.75) is 13.5 Å². The standard InChI is InChI=1S/C24H21ClFN3O6/c1-2-33-22-12-17(13-27-35-14-16-4-3-5-20(10-16)29(31)32)11-21(25)24(22)34-15-23(30)28-19-8-6-18(26)7-9-19/h3-13H,2,14-15H2,1H3,(H,28,30)/b27-13-. The van der Waals surface area contributed by atoms with Gasteiger partial charge in [-0.05, 0) is 48.9 Å². The number of benzene rings is 3. The minimum absolute atomic E-state index is 0.0363. The van der Waals surface area contributed by atoms with Crippen molar-refractivity contribution in [2.24, 2.45) is 5.16 Å². The van der Waals surface area contributed by atoms with Gasteiger partial charge in [0, 0.05) is 23.4 Å². The highest BCUT2D eigenvalue weighted by atomic mass is 35.5. The Kier molecular flexibility index (Phi) is 8.96. The zero-order valence-electron chi connectivity index (χ0n) is 18.6. The second-order valence-electron chi connectivity index (χ2n) is 7.04. The van der Waals surface area contributed by atoms with Gasteiger partial charge in [0.1, 0.15) is 12.4 Å². The lowest BCUT2D eigenvalue weighted by Gasteiger charge is -2.14. The second kappa shape index (κ2) is 12.3. The minimum Gasteiger partial charge on any atom is -0.490 e. The average molecular weight is 502 g/mol. The largest absolute Gasteiger partial charge is 0.490 e. The summed E-state index contributed by atoms with van der Waals surface area (Å²) in [6.07, 6.45) is 1.40. The Bertz CT molecular complexity index is 1220. The van der Waals surface area contributed by atoms with E-state index in [0.717, 1.165) is 0 Å². The van der Waals surface area contributed by atoms with Crippen LogP contribution in [-0.4, -0.2) is 30.3 Å². The molecule has 182 valence electrons. The van der Waals surface area contributed by atoms with Crippen molar-refractivity contribution in [1.29, 1.82) is 0 Å². The van der Waals surface area contributed by atoms with Crippen molar-refractivity contribution >= 4 is 35.1 Å². The number of carbonyl (C=O) groups is 1. The van der Waals surface area contributed by atoms with Crippen molar-refractivity contribution in [3.8, 4) is 11.5 Å². The van der Waals surface area contributed by atoms with Gasteiger partial charge in [0.15, 0.2) is 18.1 Å². The number of oxime groups is 1. The van der Waals surface area contributed by atoms with Crippen LogP contribution in [-0.2, 0) is 16.2 Å². The molecule has 0 fully saturated rings. The molecular weight excluding hydrogens is 481 g/mol. The molecule has 11 heteroatoms. The topological polar surface area (TPSA) is 112 Å². The van der Waals surface area contributed by atoms with Gasteiger partial charge in [-0.3, -0.25) is 14.9 Å². The van der Waals surface area contributed by atoms with Crippen LogP contribution in [0.5, 0.6) is 11.5 Å². The van der Waals surface area contributed by atoms with Crippen LogP contribution in [0, 0.1) is 15.9 Å². The van der Waals surface area contributed by atoms with Crippen molar-refractivity contribution in [2.75, 3.05) is 18.5 Å². The number of ether oxygens (including phenoxy) is 2. The van der Waals surface area contributed by atoms with Crippen molar-refractivity contribution in [3.05, 3.63) is 92.7 Å². The van der Waals surface area contributed by atoms with Crippen LogP contribution in [0.2, 0.25) is 5.02 Å². The van der Waals surface area contributed by atoms with E-state index in [1.165, 1.54) is 42.6 Å². The summed E-state index contributed by atoms with van der Waals surface area (Å²) >= 11 is 6.34. The number of anilines is 1. The summed E-state index contributed by atoms with van der Waals surface area (Å²) in [5.74, 6) is -0.395. The smallest absolute Gasteiger partial charge is 0.269 e. The fraction of sp³-hybridized carbons (Fsp3) is 0.167. The molecule has 0 radical (unpaired) electrons. The molecular formula is C24H21ClFN3O6. The van der Waals surface area contributed by atoms with Crippen LogP contribution in [0.25, 0.3) is 0 Å². The van der Waals surface area contributed by atoms with Crippen LogP contribution >= 0.6 is 11.6 Å². The van der Waals surface area contributed by atoms with E-state index in [9.17, 15) is 19.3 Å². The number of nitrogens with zero attached hydrogens (tertiary/aromatic N) is 2. The molecule has 3 aromatic rings. The lowest BCUT2D eigenvalue weighted by Crippen LogP contribution is -2.20. The highest BCUT2D eigenvalue weighted by molar-refractivity contribution is 6.32. The number of nitro benzene ring substituents is 1. The van der Waals surface area contributed by atoms with Crippen molar-refractivity contribution in [1.82, 2.24) is 0 Å². The SMILES string of the molecule is CCOc1cc(/C=N\OCc2cccc([N+](=O)[O-])c2)cc(Cl)c1OCC(=O)Nc1ccc(F)cc1. The molecule has 9 nitrogen and oxygen atoms in total. The molecule has 0 saturated heterocycles. The Hall–Kier alpha value is -4.18. The van der Waals surface area contributed by atoms with Crippen molar-refractivity contribution < 1.29 is 28.4 Å². The molecule has 0 heterocycles. The lowest BCUT2D eigenvalue weighted by molar-refractivity contribution is -0.384. The maximum atomic E-state index is 13.0. The fourth-order valence-electron chi connectivity index (χ4n) is 2.90. The summed E-state index contributed by atoms with van der Waals surface area (Å²) in [4.78, 5) is 27.8. The summed E-state index contributed by atoms with van der Waals surface area (Å²) in [5.41, 5.74) is 1.52. The van der Waals surface area contributed by atoms with Crippen LogP contribution in [0.1, 0.15) is 18.1 Å². The van der Waals surface area contributed by atoms with Gasteiger partial charge in [-0.15, -0.1) is 0 Å². The first-order valence-corrected chi connectivity index (χ1v) is 10.8. The van der Waals surface area contributed by atoms with Crippen LogP contribution in [0.4, 0.5) is 15.8 Å². The number of nitrogens with one attached hydrogen (secondary N) is 1. The number of amides is 1. The van der Waals surface area contributed by atoms with Gasteiger partial charge in [-0.25, -0.2) is 4.39 Å². The quantitative estimate of drug-likeness (QED) is 0.215. The molecule has 0 saturated carbocycles. The van der Waals surface area contributed by atoms with Gasteiger partial charge in [0.25, 0.3) is 11.6 Å². The highest BCUT2D eigenvalue weighted by Gasteiger charge is 2.14. The monoisotopic (exact) mass is 501 g/mol. The number of hydrogen-bond donors (Lipinski definition) is 1. The first-order chi connectivity index (χ1) is 16.9. The Morgan fingerprint density at radius 1 is 1.17 bits per heavy atom. The van der Waals surface area contributed by atoms with Gasteiger partial charge in [-0.2, -0.15) is 0 Å². The third kappa shape index (κ3) is 7.68. The predicted molar refractivity (Wildman–Crippen MR) is 129 cm³/mol. The molecule has 1 N–H and O–H groups in total. The molecule has 0 aliphatic carbocycles. The molecule has 35 heavy (non-hydrogen) atoms. The zero-order valence-corrected chi connectivity index (χ0v) is 19.3. The summed E-state index contributed by atoms with van der Waals surface area (Å²) in [6.45, 7) is 1.78. The third-order valence-electron chi connectivity index (χ3n) is 4.44. The van der Waals surface area contributed by atoms with E-state index in [-0.39, 0.29) is 29.7 Å². The Morgan fingerprint density at radius 3 is 2.66 bits per heavy atom. The molecule has 0 bridgehead atoms. The lowest BCUT2D eigenvalue weighted by atomic mass is 10.2. The molecule has 0 aliphatic rings. The summed E-state index contributed by atoms with van der Waals surface area (Å²) in [6, 6.07) is 14.5. The Morgan fingerprint density at radius 2 is 1.94 bits per heavy atom. The maximum Gasteiger partial charge on any atom is 0.269 e. The summed E-state index contributed by atoms with van der Waals surface area (Å²) < 4.78 is 24.2. The molecule has 1 amide bonds. The molecule has 3 aromatic carbocycles. The maximum absolute atomic E-state index is 13.0. The highest BCUT2D eigenvalue weighted by Crippen LogP contribution is 2.36. The molecule has 0 unspecified atom stereocenters. The normalized spacial score (nSPS) is 10.7. The van der Waals surface area contributed by atoms with E-state index < -0.39 is 16.6 Å². The van der Waals surface area contributed by atoms with Gasteiger partial charge in [0.2, 0.25) is 0 Å². The molecule has 0 aliphatic heterocycles. The van der Waals surface area contributed by atoms with Crippen LogP contribution < -0.4 is 14.8 Å². The fourth-order valence-corrected chi connectivity index (χ4v) is 3.18. The van der Waals surface area contributed by atoms with Gasteiger partial charge in [0.05, 0.1) is 22.8 Å². The van der Waals surface area contributed by atoms with E-state index in [1.54, 1.807) is 31.2 Å². The van der Waals surface area contributed by atoms with Gasteiger partial charge >= 0.3 is 0 Å². The van der Waals surface area contributed by atoms with E-state index >= 15 is 0 Å². The van der Waals surface area contributed by atoms with Gasteiger partial charge < -0.3 is 19.6 Å². The molecule has 0 atom stereocenters.